The molecule has 2 aromatic heterocycles. The van der Waals surface area contributed by atoms with Crippen LogP contribution in [0.25, 0.3) is 26.3 Å². The second-order valence-electron chi connectivity index (χ2n) is 6.05. The third-order valence-electron chi connectivity index (χ3n) is 4.35. The maximum absolute atomic E-state index is 5.96. The molecule has 6 heteroatoms. The number of hydrogen-bond donors (Lipinski definition) is 0. The first-order chi connectivity index (χ1) is 12.8. The van der Waals surface area contributed by atoms with E-state index in [-0.39, 0.29) is 0 Å². The number of aromatic nitrogens is 4. The Morgan fingerprint density at radius 2 is 1.69 bits per heavy atom. The maximum atomic E-state index is 5.96. The molecular weight excluding hydrogens is 364 g/mol. The van der Waals surface area contributed by atoms with E-state index in [4.69, 9.17) is 16.7 Å². The van der Waals surface area contributed by atoms with Crippen molar-refractivity contribution in [1.82, 2.24) is 19.8 Å². The number of fused-ring (bicyclic) bond motifs is 2. The summed E-state index contributed by atoms with van der Waals surface area (Å²) in [7, 11) is 0. The van der Waals surface area contributed by atoms with Crippen molar-refractivity contribution < 1.29 is 0 Å². The van der Waals surface area contributed by atoms with Gasteiger partial charge in [0.2, 0.25) is 4.96 Å². The Morgan fingerprint density at radius 1 is 0.885 bits per heavy atom. The van der Waals surface area contributed by atoms with E-state index in [1.54, 1.807) is 11.3 Å². The lowest BCUT2D eigenvalue weighted by atomic mass is 10.1. The van der Waals surface area contributed by atoms with E-state index < -0.39 is 0 Å². The Labute approximate surface area is 158 Å². The normalized spacial score (nSPS) is 11.4. The van der Waals surface area contributed by atoms with E-state index in [9.17, 15) is 0 Å². The first-order valence-electron chi connectivity index (χ1n) is 8.22. The molecule has 26 heavy (non-hydrogen) atoms. The molecule has 0 aliphatic rings. The molecule has 0 amide bonds. The molecule has 0 fully saturated rings. The summed E-state index contributed by atoms with van der Waals surface area (Å²) in [5.74, 6) is 0.824. The molecule has 5 aromatic rings. The van der Waals surface area contributed by atoms with Crippen LogP contribution in [0.5, 0.6) is 0 Å². The Balaban J connectivity index is 1.58. The average molecular weight is 377 g/mol. The maximum Gasteiger partial charge on any atom is 0.234 e. The molecule has 3 aromatic carbocycles. The third kappa shape index (κ3) is 2.66. The van der Waals surface area contributed by atoms with Gasteiger partial charge in [0.05, 0.1) is 0 Å². The number of hydrogen-bond acceptors (Lipinski definition) is 4. The molecule has 0 spiro atoms. The highest BCUT2D eigenvalue weighted by Crippen LogP contribution is 2.31. The smallest absolute Gasteiger partial charge is 0.187 e. The highest BCUT2D eigenvalue weighted by molar-refractivity contribution is 7.19. The van der Waals surface area contributed by atoms with E-state index in [2.05, 4.69) is 52.7 Å². The molecule has 0 radical (unpaired) electrons. The first kappa shape index (κ1) is 15.5. The summed E-state index contributed by atoms with van der Waals surface area (Å²) in [4.78, 5) is 0.803. The molecule has 0 atom stereocenters. The molecule has 0 unspecified atom stereocenters. The van der Waals surface area contributed by atoms with Crippen molar-refractivity contribution in [2.45, 2.75) is 6.42 Å². The van der Waals surface area contributed by atoms with Crippen molar-refractivity contribution in [1.29, 1.82) is 0 Å². The lowest BCUT2D eigenvalue weighted by Crippen LogP contribution is -1.97. The largest absolute Gasteiger partial charge is 0.234 e. The van der Waals surface area contributed by atoms with Crippen molar-refractivity contribution in [3.63, 3.8) is 0 Å². The summed E-state index contributed by atoms with van der Waals surface area (Å²) in [5.41, 5.74) is 2.25. The molecule has 0 saturated heterocycles. The van der Waals surface area contributed by atoms with E-state index in [0.29, 0.717) is 6.42 Å². The van der Waals surface area contributed by atoms with Gasteiger partial charge in [-0.2, -0.15) is 9.61 Å². The van der Waals surface area contributed by atoms with Crippen molar-refractivity contribution in [3.05, 3.63) is 83.1 Å². The predicted molar refractivity (Wildman–Crippen MR) is 106 cm³/mol. The minimum Gasteiger partial charge on any atom is -0.187 e. The molecule has 126 valence electrons. The summed E-state index contributed by atoms with van der Waals surface area (Å²) in [6, 6.07) is 22.4. The molecular formula is C20H13ClN4S. The summed E-state index contributed by atoms with van der Waals surface area (Å²) >= 11 is 7.52. The number of rotatable bonds is 3. The molecule has 0 bridgehead atoms. The number of benzene rings is 3. The van der Waals surface area contributed by atoms with Crippen LogP contribution in [0.1, 0.15) is 11.4 Å². The van der Waals surface area contributed by atoms with Crippen molar-refractivity contribution in [2.24, 2.45) is 0 Å². The van der Waals surface area contributed by atoms with Gasteiger partial charge in [0, 0.05) is 17.0 Å². The number of halogens is 1. The van der Waals surface area contributed by atoms with Crippen LogP contribution in [0.15, 0.2) is 66.7 Å². The number of nitrogens with zero attached hydrogens (tertiary/aromatic N) is 4. The third-order valence-corrected chi connectivity index (χ3v) is 5.54. The Morgan fingerprint density at radius 3 is 2.58 bits per heavy atom. The fourth-order valence-corrected chi connectivity index (χ4v) is 4.10. The van der Waals surface area contributed by atoms with Gasteiger partial charge in [-0.25, -0.2) is 0 Å². The minimum absolute atomic E-state index is 0.664. The van der Waals surface area contributed by atoms with Gasteiger partial charge in [0.1, 0.15) is 5.01 Å². The van der Waals surface area contributed by atoms with Gasteiger partial charge in [-0.3, -0.25) is 0 Å². The van der Waals surface area contributed by atoms with Crippen LogP contribution in [-0.2, 0) is 6.42 Å². The summed E-state index contributed by atoms with van der Waals surface area (Å²) in [6.07, 6.45) is 0.664. The van der Waals surface area contributed by atoms with Gasteiger partial charge < -0.3 is 0 Å². The fourth-order valence-electron chi connectivity index (χ4n) is 3.07. The quantitative estimate of drug-likeness (QED) is 0.432. The molecule has 0 N–H and O–H groups in total. The monoisotopic (exact) mass is 376 g/mol. The summed E-state index contributed by atoms with van der Waals surface area (Å²) < 4.78 is 1.84. The summed E-state index contributed by atoms with van der Waals surface area (Å²) in [5, 5.41) is 17.5. The zero-order valence-electron chi connectivity index (χ0n) is 13.6. The Bertz CT molecular complexity index is 1220. The molecule has 0 aliphatic heterocycles. The van der Waals surface area contributed by atoms with Gasteiger partial charge in [0.25, 0.3) is 0 Å². The molecule has 5 rings (SSSR count). The van der Waals surface area contributed by atoms with Crippen LogP contribution in [-0.4, -0.2) is 19.8 Å². The average Bonchev–Trinajstić information content (AvgIpc) is 3.25. The van der Waals surface area contributed by atoms with Crippen LogP contribution >= 0.6 is 22.9 Å². The fraction of sp³-hybridized carbons (Fsp3) is 0.0500. The highest BCUT2D eigenvalue weighted by Gasteiger charge is 2.14. The molecule has 4 nitrogen and oxygen atoms in total. The molecule has 0 aliphatic carbocycles. The van der Waals surface area contributed by atoms with Crippen LogP contribution in [0, 0.1) is 0 Å². The van der Waals surface area contributed by atoms with E-state index in [0.717, 1.165) is 31.9 Å². The lowest BCUT2D eigenvalue weighted by Gasteiger charge is -2.02. The second-order valence-corrected chi connectivity index (χ2v) is 7.44. The molecule has 2 heterocycles. The van der Waals surface area contributed by atoms with Crippen LogP contribution in [0.4, 0.5) is 0 Å². The van der Waals surface area contributed by atoms with Crippen molar-refractivity contribution in [3.8, 4) is 10.6 Å². The van der Waals surface area contributed by atoms with Crippen molar-refractivity contribution in [2.75, 3.05) is 0 Å². The minimum atomic E-state index is 0.664. The van der Waals surface area contributed by atoms with E-state index >= 15 is 0 Å². The van der Waals surface area contributed by atoms with Crippen molar-refractivity contribution >= 4 is 38.7 Å². The van der Waals surface area contributed by atoms with Gasteiger partial charge in [-0.15, -0.1) is 10.2 Å². The Hall–Kier alpha value is -2.76. The van der Waals surface area contributed by atoms with Gasteiger partial charge in [0.15, 0.2) is 5.82 Å². The zero-order chi connectivity index (χ0) is 17.5. The standard InChI is InChI=1S/C20H13ClN4S/c21-15-10-8-13(9-11-15)12-18-22-23-20-25(18)24-19(26-20)17-7-3-5-14-4-1-2-6-16(14)17/h1-11H,12H2. The van der Waals surface area contributed by atoms with E-state index in [1.165, 1.54) is 10.8 Å². The second kappa shape index (κ2) is 6.20. The summed E-state index contributed by atoms with van der Waals surface area (Å²) in [6.45, 7) is 0. The van der Waals surface area contributed by atoms with Crippen LogP contribution < -0.4 is 0 Å². The SMILES string of the molecule is Clc1ccc(Cc2nnc3sc(-c4cccc5ccccc45)nn23)cc1. The highest BCUT2D eigenvalue weighted by atomic mass is 35.5. The lowest BCUT2D eigenvalue weighted by molar-refractivity contribution is 0.854. The Kier molecular flexibility index (Phi) is 3.69. The van der Waals surface area contributed by atoms with E-state index in [1.807, 2.05) is 28.8 Å². The van der Waals surface area contributed by atoms with Gasteiger partial charge >= 0.3 is 0 Å². The first-order valence-corrected chi connectivity index (χ1v) is 9.41. The van der Waals surface area contributed by atoms with Gasteiger partial charge in [-0.1, -0.05) is 77.5 Å². The topological polar surface area (TPSA) is 43.1 Å². The zero-order valence-corrected chi connectivity index (χ0v) is 15.2. The van der Waals surface area contributed by atoms with Gasteiger partial charge in [-0.05, 0) is 28.5 Å². The molecule has 0 saturated carbocycles. The van der Waals surface area contributed by atoms with Crippen LogP contribution in [0.3, 0.4) is 0 Å². The predicted octanol–water partition coefficient (Wildman–Crippen LogP) is 5.25. The van der Waals surface area contributed by atoms with Crippen LogP contribution in [0.2, 0.25) is 5.02 Å².